The average Bonchev–Trinajstić information content (AvgIpc) is 1.62. The number of likely N-dealkylation sites (N-methyl/N-ethyl adjacent to an activating group) is 1. The molecule has 13 aromatic rings. The van der Waals surface area contributed by atoms with Crippen molar-refractivity contribution in [3.63, 3.8) is 0 Å². The van der Waals surface area contributed by atoms with Gasteiger partial charge in [0.15, 0.2) is 0 Å². The van der Waals surface area contributed by atoms with Gasteiger partial charge in [0.25, 0.3) is 0 Å². The number of fused-ring (bicyclic) bond motifs is 4. The van der Waals surface area contributed by atoms with Crippen molar-refractivity contribution in [3.8, 4) is 16.9 Å². The van der Waals surface area contributed by atoms with Gasteiger partial charge in [0, 0.05) is 147 Å². The standard InChI is InChI=1S/C27H28ClFN4.C27H35FN4O.C27H33FN4.C26H35FN6.CH4/c1-17-6-4-5-7-22(17)23-14-21(28)15-24-26(23)31-27(32-10-8-30-9-11-32)33(24)16-20-12-18(2)25(29)19(3)13-20;1-18-13-23-26(24(14-18)33-22-7-5-4-6-8-22)30-27(31-11-9-29-10-12-31)32(23)17-21-15-19(2)25(28)20(3)16-21;1-18-13-23(22-7-5-4-6-8-22)26-24(14-18)32(27(30-26)31-11-9-29-10-12-31)17-21-15-19(2)25(28)20(3)16-21;1-18-13-22(31-11-9-30(4)10-12-31)25-23(14-18)33(26(29-25)32-7-5-28-6-8-32)17-21-15-19(2)24(27)20(3)16-21;/h4-7,12-15,30H,8-11,16H2,1-3H3;13-16,22,29H,4-12,17H2,1-3H3;7,13-16,29H,4-6,8-12,17H2,1-3H3;13-16,28H,5-12,17H2,1-4H3;1H4. The van der Waals surface area contributed by atoms with Crippen LogP contribution in [0, 0.1) is 106 Å². The predicted molar refractivity (Wildman–Crippen MR) is 539 cm³/mol. The molecule has 132 heavy (non-hydrogen) atoms. The Kier molecular flexibility index (Phi) is 29.9. The minimum absolute atomic E-state index is 0. The van der Waals surface area contributed by atoms with Crippen LogP contribution in [-0.4, -0.2) is 187 Å². The van der Waals surface area contributed by atoms with Crippen LogP contribution >= 0.6 is 11.6 Å². The highest BCUT2D eigenvalue weighted by atomic mass is 35.5. The summed E-state index contributed by atoms with van der Waals surface area (Å²) in [5, 5.41) is 14.4. The highest BCUT2D eigenvalue weighted by Gasteiger charge is 2.31. The second kappa shape index (κ2) is 41.8. The van der Waals surface area contributed by atoms with E-state index in [0.29, 0.717) is 75.7 Å². The smallest absolute Gasteiger partial charge is 0.207 e. The van der Waals surface area contributed by atoms with Gasteiger partial charge in [0.2, 0.25) is 23.8 Å². The quantitative estimate of drug-likeness (QED) is 0.0641. The maximum atomic E-state index is 14.3. The molecule has 24 heteroatoms. The van der Waals surface area contributed by atoms with Crippen molar-refractivity contribution in [2.24, 2.45) is 0 Å². The van der Waals surface area contributed by atoms with Gasteiger partial charge in [-0.05, 0) is 290 Å². The van der Waals surface area contributed by atoms with Crippen LogP contribution in [0.4, 0.5) is 47.0 Å². The number of rotatable bonds is 17. The van der Waals surface area contributed by atoms with E-state index in [-0.39, 0.29) is 36.8 Å². The number of nitrogens with zero attached hydrogens (tertiary/aromatic N) is 14. The normalized spacial score (nSPS) is 16.6. The van der Waals surface area contributed by atoms with Crippen LogP contribution in [0.1, 0.15) is 160 Å². The Hall–Kier alpha value is -10.8. The fourth-order valence-electron chi connectivity index (χ4n) is 20.6. The number of hydrogen-bond acceptors (Lipinski definition) is 15. The van der Waals surface area contributed by atoms with E-state index in [0.717, 1.165) is 258 Å². The lowest BCUT2D eigenvalue weighted by molar-refractivity contribution is 0.156. The Morgan fingerprint density at radius 2 is 0.720 bits per heavy atom. The first-order chi connectivity index (χ1) is 63.3. The summed E-state index contributed by atoms with van der Waals surface area (Å²) in [4.78, 5) is 35.2. The first kappa shape index (κ1) is 94.4. The average molecular weight is 1810 g/mol. The van der Waals surface area contributed by atoms with E-state index in [9.17, 15) is 17.6 Å². The van der Waals surface area contributed by atoms with E-state index in [1.165, 1.54) is 76.7 Å². The van der Waals surface area contributed by atoms with Crippen LogP contribution in [0.15, 0.2) is 127 Å². The van der Waals surface area contributed by atoms with Crippen molar-refractivity contribution in [2.45, 2.75) is 181 Å². The summed E-state index contributed by atoms with van der Waals surface area (Å²) in [5.74, 6) is 4.40. The molecule has 9 heterocycles. The monoisotopic (exact) mass is 1810 g/mol. The molecule has 0 spiro atoms. The molecule has 0 bridgehead atoms. The molecule has 4 aromatic heterocycles. The van der Waals surface area contributed by atoms with Crippen LogP contribution in [0.2, 0.25) is 5.02 Å². The van der Waals surface area contributed by atoms with Crippen LogP contribution in [0.3, 0.4) is 0 Å². The number of halogens is 5. The number of benzene rings is 9. The van der Waals surface area contributed by atoms with Crippen molar-refractivity contribution in [1.29, 1.82) is 0 Å². The molecule has 19 nitrogen and oxygen atoms in total. The maximum absolute atomic E-state index is 14.3. The number of aromatic nitrogens is 8. The molecule has 698 valence electrons. The molecule has 7 aliphatic rings. The molecule has 4 N–H and O–H groups in total. The van der Waals surface area contributed by atoms with Gasteiger partial charge in [-0.1, -0.05) is 104 Å². The molecule has 0 radical (unpaired) electrons. The Morgan fingerprint density at radius 1 is 0.356 bits per heavy atom. The van der Waals surface area contributed by atoms with Gasteiger partial charge in [-0.15, -0.1) is 0 Å². The topological polar surface area (TPSA) is 148 Å². The van der Waals surface area contributed by atoms with E-state index in [1.54, 1.807) is 0 Å². The molecule has 2 aliphatic carbocycles. The Bertz CT molecular complexity index is 6250. The minimum atomic E-state index is -0.138. The highest BCUT2D eigenvalue weighted by Crippen LogP contribution is 2.42. The van der Waals surface area contributed by atoms with Gasteiger partial charge in [-0.2, -0.15) is 0 Å². The number of imidazole rings is 4. The highest BCUT2D eigenvalue weighted by molar-refractivity contribution is 6.32. The van der Waals surface area contributed by atoms with Gasteiger partial charge in [-0.25, -0.2) is 37.5 Å². The van der Waals surface area contributed by atoms with Crippen molar-refractivity contribution in [3.05, 3.63) is 250 Å². The number of nitrogens with one attached hydrogen (secondary N) is 4. The lowest BCUT2D eigenvalue weighted by atomic mass is 9.92. The molecular formula is C108H135ClF4N18O. The lowest BCUT2D eigenvalue weighted by Gasteiger charge is -2.34. The molecule has 0 atom stereocenters. The number of hydrogen-bond donors (Lipinski definition) is 4. The van der Waals surface area contributed by atoms with Gasteiger partial charge < -0.3 is 73.7 Å². The summed E-state index contributed by atoms with van der Waals surface area (Å²) >= 11 is 6.65. The molecule has 5 saturated heterocycles. The fraction of sp³-hybridized carbons (Fsp3) is 0.444. The third kappa shape index (κ3) is 20.9. The first-order valence-corrected chi connectivity index (χ1v) is 48.1. The van der Waals surface area contributed by atoms with Crippen molar-refractivity contribution in [1.82, 2.24) is 64.4 Å². The minimum Gasteiger partial charge on any atom is -0.488 e. The van der Waals surface area contributed by atoms with Gasteiger partial charge in [-0.3, -0.25) is 0 Å². The maximum Gasteiger partial charge on any atom is 0.207 e. The molecule has 1 saturated carbocycles. The fourth-order valence-corrected chi connectivity index (χ4v) is 20.8. The Labute approximate surface area is 783 Å². The van der Waals surface area contributed by atoms with E-state index in [2.05, 4.69) is 158 Å². The number of allylic oxidation sites excluding steroid dienone is 2. The zero-order valence-corrected chi connectivity index (χ0v) is 79.9. The number of ether oxygens (including phenoxy) is 1. The van der Waals surface area contributed by atoms with Crippen molar-refractivity contribution < 1.29 is 22.3 Å². The Morgan fingerprint density at radius 3 is 1.13 bits per heavy atom. The number of aryl methyl sites for hydroxylation is 12. The molecule has 6 fully saturated rings. The predicted octanol–water partition coefficient (Wildman–Crippen LogP) is 20.6. The number of anilines is 5. The largest absolute Gasteiger partial charge is 0.488 e. The van der Waals surface area contributed by atoms with Crippen LogP contribution in [0.25, 0.3) is 60.8 Å². The Balaban J connectivity index is 0.000000128. The third-order valence-corrected chi connectivity index (χ3v) is 27.6. The second-order valence-corrected chi connectivity index (χ2v) is 38.3. The van der Waals surface area contributed by atoms with Gasteiger partial charge in [0.1, 0.15) is 40.1 Å². The zero-order valence-electron chi connectivity index (χ0n) is 79.1. The summed E-state index contributed by atoms with van der Waals surface area (Å²) in [6.45, 7) is 45.1. The van der Waals surface area contributed by atoms with Crippen molar-refractivity contribution >= 4 is 90.8 Å². The molecule has 20 rings (SSSR count). The second-order valence-electron chi connectivity index (χ2n) is 37.9. The summed E-state index contributed by atoms with van der Waals surface area (Å²) < 4.78 is 73.0. The van der Waals surface area contributed by atoms with E-state index >= 15 is 0 Å². The van der Waals surface area contributed by atoms with Crippen LogP contribution in [-0.2, 0) is 26.2 Å². The lowest BCUT2D eigenvalue weighted by Crippen LogP contribution is -2.44. The van der Waals surface area contributed by atoms with E-state index in [4.69, 9.17) is 36.3 Å². The van der Waals surface area contributed by atoms with Crippen LogP contribution < -0.4 is 50.5 Å². The number of piperazine rings is 5. The van der Waals surface area contributed by atoms with Crippen LogP contribution in [0.5, 0.6) is 5.75 Å². The van der Waals surface area contributed by atoms with E-state index in [1.807, 2.05) is 128 Å². The molecule has 0 amide bonds. The summed E-state index contributed by atoms with van der Waals surface area (Å²) in [7, 11) is 2.19. The van der Waals surface area contributed by atoms with Gasteiger partial charge in [0.05, 0.1) is 71.1 Å². The molecule has 0 unspecified atom stereocenters. The molecule has 9 aromatic carbocycles. The van der Waals surface area contributed by atoms with E-state index < -0.39 is 0 Å². The summed E-state index contributed by atoms with van der Waals surface area (Å²) in [6.07, 6.45) is 13.5. The van der Waals surface area contributed by atoms with Crippen molar-refractivity contribution in [2.75, 3.05) is 162 Å². The summed E-state index contributed by atoms with van der Waals surface area (Å²) in [6, 6.07) is 41.5. The first-order valence-electron chi connectivity index (χ1n) is 47.8. The molecule has 5 aliphatic heterocycles. The molecular weight excluding hydrogens is 1680 g/mol. The zero-order chi connectivity index (χ0) is 91.4. The van der Waals surface area contributed by atoms with Gasteiger partial charge >= 0.3 is 0 Å². The summed E-state index contributed by atoms with van der Waals surface area (Å²) in [5.41, 5.74) is 29.4. The SMILES string of the molecule is C.Cc1cc(C2=CCCCC2)c2nc(N3CCNCC3)n(Cc3cc(C)c(F)c(C)c3)c2c1.Cc1cc(N2CCN(C)CC2)c2nc(N3CCNCC3)n(Cc3cc(C)c(F)c(C)c3)c2c1.Cc1cc(OC2CCCCC2)c2nc(N3CCNCC3)n(Cc3cc(C)c(F)c(C)c3)c2c1.Cc1ccccc1-c1cc(Cl)cc2c1nc(N1CCNCC1)n2Cc1cc(C)c(F)c(C)c1. The third-order valence-electron chi connectivity index (χ3n) is 27.4.